The quantitative estimate of drug-likeness (QED) is 0.530. The summed E-state index contributed by atoms with van der Waals surface area (Å²) in [4.78, 5) is 49.1. The van der Waals surface area contributed by atoms with Crippen LogP contribution in [0, 0.1) is 12.8 Å². The number of hydrogen-bond donors (Lipinski definition) is 3. The lowest BCUT2D eigenvalue weighted by Gasteiger charge is -2.35. The molecule has 3 aromatic rings. The fourth-order valence-corrected chi connectivity index (χ4v) is 7.18. The normalized spacial score (nSPS) is 20.7. The number of amides is 2. The standard InChI is InChI=1S/C24H26N6O3S/c1-12-9-15(23(33)30-18(12)21(32)29-24(30)7-3-2-4-8-24)28-20-17-14-6-5-13(19(25)31)10-16(14)34-22(17)27-11-26-20/h9,11,13H,2-8,10H2,1H3,(H2,25,31)(H,29,32)(H,26,27,28)/t13-/m0/s1. The molecule has 3 aromatic heterocycles. The van der Waals surface area contributed by atoms with Crippen LogP contribution < -0.4 is 21.9 Å². The van der Waals surface area contributed by atoms with Gasteiger partial charge in [0.25, 0.3) is 11.5 Å². The fraction of sp³-hybridized carbons (Fsp3) is 0.458. The van der Waals surface area contributed by atoms with Gasteiger partial charge in [-0.2, -0.15) is 0 Å². The van der Waals surface area contributed by atoms with Crippen LogP contribution in [0.2, 0.25) is 0 Å². The Morgan fingerprint density at radius 1 is 1.26 bits per heavy atom. The summed E-state index contributed by atoms with van der Waals surface area (Å²) in [5.41, 5.74) is 7.42. The van der Waals surface area contributed by atoms with Crippen molar-refractivity contribution in [2.24, 2.45) is 11.7 Å². The SMILES string of the molecule is Cc1cc(Nc2ncnc3sc4c(c23)CC[C@H](C(N)=O)C4)c(=O)n2c1C(=O)NC21CCCCC1. The summed E-state index contributed by atoms with van der Waals surface area (Å²) >= 11 is 1.55. The number of thiophene rings is 1. The zero-order chi connectivity index (χ0) is 23.6. The molecule has 176 valence electrons. The van der Waals surface area contributed by atoms with Crippen molar-refractivity contribution in [3.63, 3.8) is 0 Å². The van der Waals surface area contributed by atoms with Gasteiger partial charge in [-0.15, -0.1) is 11.3 Å². The minimum absolute atomic E-state index is 0.161. The van der Waals surface area contributed by atoms with Crippen molar-refractivity contribution in [3.8, 4) is 0 Å². The van der Waals surface area contributed by atoms with Crippen LogP contribution in [0.4, 0.5) is 11.5 Å². The molecule has 1 atom stereocenters. The second-order valence-corrected chi connectivity index (χ2v) is 10.7. The number of aryl methyl sites for hydroxylation is 2. The van der Waals surface area contributed by atoms with Gasteiger partial charge in [0.15, 0.2) is 0 Å². The minimum atomic E-state index is -0.642. The van der Waals surface area contributed by atoms with Crippen molar-refractivity contribution in [1.82, 2.24) is 19.9 Å². The van der Waals surface area contributed by atoms with Gasteiger partial charge in [-0.1, -0.05) is 6.42 Å². The second-order valence-electron chi connectivity index (χ2n) is 9.65. The maximum atomic E-state index is 13.7. The molecule has 3 aliphatic rings. The molecule has 0 aromatic carbocycles. The summed E-state index contributed by atoms with van der Waals surface area (Å²) in [5, 5.41) is 7.30. The van der Waals surface area contributed by atoms with Gasteiger partial charge in [0.1, 0.15) is 34.0 Å². The van der Waals surface area contributed by atoms with Crippen LogP contribution in [-0.4, -0.2) is 26.3 Å². The Morgan fingerprint density at radius 3 is 2.82 bits per heavy atom. The summed E-state index contributed by atoms with van der Waals surface area (Å²) in [5.74, 6) is -0.0323. The van der Waals surface area contributed by atoms with Crippen molar-refractivity contribution < 1.29 is 9.59 Å². The Balaban J connectivity index is 1.45. The minimum Gasteiger partial charge on any atom is -0.369 e. The molecule has 0 saturated heterocycles. The van der Waals surface area contributed by atoms with Gasteiger partial charge in [0.2, 0.25) is 5.91 Å². The van der Waals surface area contributed by atoms with Crippen LogP contribution in [-0.2, 0) is 23.3 Å². The van der Waals surface area contributed by atoms with E-state index in [9.17, 15) is 14.4 Å². The molecule has 0 bridgehead atoms. The lowest BCUT2D eigenvalue weighted by atomic mass is 9.87. The molecule has 1 aliphatic heterocycles. The molecule has 6 rings (SSSR count). The third kappa shape index (κ3) is 3.08. The maximum absolute atomic E-state index is 13.7. The molecule has 0 radical (unpaired) electrons. The van der Waals surface area contributed by atoms with E-state index >= 15 is 0 Å². The van der Waals surface area contributed by atoms with E-state index in [-0.39, 0.29) is 23.3 Å². The molecule has 4 N–H and O–H groups in total. The monoisotopic (exact) mass is 478 g/mol. The Labute approximate surface area is 199 Å². The lowest BCUT2D eigenvalue weighted by Crippen LogP contribution is -2.48. The van der Waals surface area contributed by atoms with Gasteiger partial charge < -0.3 is 16.4 Å². The molecule has 10 heteroatoms. The van der Waals surface area contributed by atoms with Crippen molar-refractivity contribution in [1.29, 1.82) is 0 Å². The number of nitrogens with zero attached hydrogens (tertiary/aromatic N) is 3. The number of nitrogens with one attached hydrogen (secondary N) is 2. The van der Waals surface area contributed by atoms with E-state index in [1.807, 2.05) is 6.92 Å². The number of primary amides is 1. The highest BCUT2D eigenvalue weighted by Gasteiger charge is 2.45. The van der Waals surface area contributed by atoms with Gasteiger partial charge in [-0.05, 0) is 69.1 Å². The van der Waals surface area contributed by atoms with Crippen LogP contribution in [0.15, 0.2) is 17.2 Å². The predicted octanol–water partition coefficient (Wildman–Crippen LogP) is 2.86. The first kappa shape index (κ1) is 21.3. The van der Waals surface area contributed by atoms with Crippen LogP contribution in [0.5, 0.6) is 0 Å². The second kappa shape index (κ2) is 7.63. The number of aromatic nitrogens is 3. The van der Waals surface area contributed by atoms with Crippen molar-refractivity contribution >= 4 is 44.9 Å². The third-order valence-corrected chi connectivity index (χ3v) is 8.72. The average molecular weight is 479 g/mol. The number of carbonyl (C=O) groups excluding carboxylic acids is 2. The van der Waals surface area contributed by atoms with E-state index in [1.165, 1.54) is 6.33 Å². The zero-order valence-corrected chi connectivity index (χ0v) is 19.8. The topological polar surface area (TPSA) is 132 Å². The Morgan fingerprint density at radius 2 is 2.06 bits per heavy atom. The average Bonchev–Trinajstić information content (AvgIpc) is 3.33. The number of fused-ring (bicyclic) bond motifs is 5. The van der Waals surface area contributed by atoms with Gasteiger partial charge >= 0.3 is 0 Å². The van der Waals surface area contributed by atoms with Crippen molar-refractivity contribution in [2.75, 3.05) is 5.32 Å². The van der Waals surface area contributed by atoms with Crippen LogP contribution >= 0.6 is 11.3 Å². The maximum Gasteiger partial charge on any atom is 0.276 e. The number of pyridine rings is 1. The zero-order valence-electron chi connectivity index (χ0n) is 18.9. The van der Waals surface area contributed by atoms with E-state index in [4.69, 9.17) is 5.73 Å². The Bertz CT molecular complexity index is 1420. The highest BCUT2D eigenvalue weighted by molar-refractivity contribution is 7.19. The number of carbonyl (C=O) groups is 2. The lowest BCUT2D eigenvalue weighted by molar-refractivity contribution is -0.122. The molecular formula is C24H26N6O3S. The van der Waals surface area contributed by atoms with E-state index in [0.29, 0.717) is 36.5 Å². The molecule has 1 saturated carbocycles. The van der Waals surface area contributed by atoms with E-state index < -0.39 is 5.66 Å². The number of hydrogen-bond acceptors (Lipinski definition) is 7. The van der Waals surface area contributed by atoms with E-state index in [0.717, 1.165) is 58.3 Å². The smallest absolute Gasteiger partial charge is 0.276 e. The predicted molar refractivity (Wildman–Crippen MR) is 129 cm³/mol. The van der Waals surface area contributed by atoms with Gasteiger partial charge in [-0.3, -0.25) is 19.0 Å². The van der Waals surface area contributed by atoms with Crippen molar-refractivity contribution in [3.05, 3.63) is 44.4 Å². The Hall–Kier alpha value is -3.27. The fourth-order valence-electron chi connectivity index (χ4n) is 5.91. The highest BCUT2D eigenvalue weighted by atomic mass is 32.1. The first-order chi connectivity index (χ1) is 16.4. The third-order valence-electron chi connectivity index (χ3n) is 7.56. The molecule has 1 fully saturated rings. The van der Waals surface area contributed by atoms with Gasteiger partial charge in [0, 0.05) is 10.8 Å². The highest BCUT2D eigenvalue weighted by Crippen LogP contribution is 2.41. The first-order valence-electron chi connectivity index (χ1n) is 11.8. The molecular weight excluding hydrogens is 452 g/mol. The largest absolute Gasteiger partial charge is 0.369 e. The molecule has 2 amide bonds. The number of nitrogens with two attached hydrogens (primary N) is 1. The molecule has 2 aliphatic carbocycles. The summed E-state index contributed by atoms with van der Waals surface area (Å²) in [6.07, 6.45) is 8.08. The molecule has 1 spiro atoms. The van der Waals surface area contributed by atoms with E-state index in [1.54, 1.807) is 22.0 Å². The summed E-state index contributed by atoms with van der Waals surface area (Å²) < 4.78 is 1.69. The summed E-state index contributed by atoms with van der Waals surface area (Å²) in [6, 6.07) is 1.74. The molecule has 4 heterocycles. The molecule has 34 heavy (non-hydrogen) atoms. The van der Waals surface area contributed by atoms with Crippen molar-refractivity contribution in [2.45, 2.75) is 64.0 Å². The van der Waals surface area contributed by atoms with Gasteiger partial charge in [0.05, 0.1) is 5.39 Å². The van der Waals surface area contributed by atoms with Crippen LogP contribution in [0.1, 0.15) is 65.0 Å². The van der Waals surface area contributed by atoms with Crippen LogP contribution in [0.25, 0.3) is 10.2 Å². The van der Waals surface area contributed by atoms with E-state index in [2.05, 4.69) is 20.6 Å². The van der Waals surface area contributed by atoms with Crippen LogP contribution in [0.3, 0.4) is 0 Å². The van der Waals surface area contributed by atoms with Gasteiger partial charge in [-0.25, -0.2) is 9.97 Å². The summed E-state index contributed by atoms with van der Waals surface area (Å²) in [6.45, 7) is 1.86. The first-order valence-corrected chi connectivity index (χ1v) is 12.6. The number of anilines is 2. The summed E-state index contributed by atoms with van der Waals surface area (Å²) in [7, 11) is 0. The Kier molecular flexibility index (Phi) is 4.77. The molecule has 9 nitrogen and oxygen atoms in total. The molecule has 0 unspecified atom stereocenters. The number of rotatable bonds is 3.